The van der Waals surface area contributed by atoms with E-state index in [-0.39, 0.29) is 5.82 Å². The summed E-state index contributed by atoms with van der Waals surface area (Å²) in [6.07, 6.45) is 0.870. The number of hydrogen-bond donors (Lipinski definition) is 1. The second-order valence-corrected chi connectivity index (χ2v) is 6.16. The van der Waals surface area contributed by atoms with Gasteiger partial charge in [-0.05, 0) is 12.1 Å². The van der Waals surface area contributed by atoms with Gasteiger partial charge in [-0.1, -0.05) is 23.5 Å². The van der Waals surface area contributed by atoms with Crippen LogP contribution in [-0.4, -0.2) is 47.8 Å². The largest absolute Gasteiger partial charge is 0.374 e. The molecule has 1 aromatic carbocycles. The Labute approximate surface area is 127 Å². The fraction of sp³-hybridized carbons (Fsp3) is 0.429. The summed E-state index contributed by atoms with van der Waals surface area (Å²) in [5.74, 6) is -0.143. The molecule has 1 aliphatic rings. The minimum Gasteiger partial charge on any atom is -0.374 e. The van der Waals surface area contributed by atoms with Crippen molar-refractivity contribution in [2.24, 2.45) is 0 Å². The number of anilines is 2. The average Bonchev–Trinajstić information content (AvgIpc) is 2.92. The van der Waals surface area contributed by atoms with E-state index in [2.05, 4.69) is 20.0 Å². The van der Waals surface area contributed by atoms with Crippen LogP contribution in [0.4, 0.5) is 15.2 Å². The Kier molecular flexibility index (Phi) is 4.31. The molecule has 2 heterocycles. The number of para-hydroxylation sites is 1. The van der Waals surface area contributed by atoms with Crippen molar-refractivity contribution >= 4 is 22.2 Å². The molecular formula is C14H18FN5S. The van der Waals surface area contributed by atoms with Crippen molar-refractivity contribution in [1.29, 1.82) is 0 Å². The number of nitrogens with two attached hydrogens (primary N) is 1. The maximum absolute atomic E-state index is 13.8. The van der Waals surface area contributed by atoms with E-state index in [4.69, 9.17) is 5.73 Å². The fourth-order valence-corrected chi connectivity index (χ4v) is 3.14. The highest BCUT2D eigenvalue weighted by Crippen LogP contribution is 2.20. The summed E-state index contributed by atoms with van der Waals surface area (Å²) in [4.78, 5) is 4.48. The molecule has 0 saturated carbocycles. The minimum atomic E-state index is -0.143. The average molecular weight is 307 g/mol. The molecule has 1 fully saturated rings. The van der Waals surface area contributed by atoms with E-state index in [1.165, 1.54) is 17.4 Å². The van der Waals surface area contributed by atoms with Gasteiger partial charge in [-0.3, -0.25) is 4.90 Å². The summed E-state index contributed by atoms with van der Waals surface area (Å²) in [5, 5.41) is 9.35. The van der Waals surface area contributed by atoms with Crippen LogP contribution in [0.1, 0.15) is 5.01 Å². The second kappa shape index (κ2) is 6.36. The Hall–Kier alpha value is -1.73. The molecule has 1 aliphatic heterocycles. The molecule has 1 aromatic heterocycles. The van der Waals surface area contributed by atoms with E-state index in [9.17, 15) is 4.39 Å². The van der Waals surface area contributed by atoms with Crippen molar-refractivity contribution in [2.45, 2.75) is 6.42 Å². The summed E-state index contributed by atoms with van der Waals surface area (Å²) >= 11 is 1.44. The van der Waals surface area contributed by atoms with E-state index in [0.29, 0.717) is 10.8 Å². The number of hydrogen-bond acceptors (Lipinski definition) is 6. The highest BCUT2D eigenvalue weighted by molar-refractivity contribution is 7.15. The van der Waals surface area contributed by atoms with Crippen LogP contribution in [0.15, 0.2) is 24.3 Å². The van der Waals surface area contributed by atoms with Crippen molar-refractivity contribution in [3.8, 4) is 0 Å². The van der Waals surface area contributed by atoms with E-state index in [1.807, 2.05) is 12.1 Å². The van der Waals surface area contributed by atoms with Gasteiger partial charge in [0.15, 0.2) is 0 Å². The molecule has 0 unspecified atom stereocenters. The Morgan fingerprint density at radius 3 is 2.57 bits per heavy atom. The molecule has 0 aliphatic carbocycles. The third-order valence-electron chi connectivity index (χ3n) is 3.69. The van der Waals surface area contributed by atoms with Crippen molar-refractivity contribution in [2.75, 3.05) is 43.4 Å². The Morgan fingerprint density at radius 2 is 1.90 bits per heavy atom. The molecule has 3 rings (SSSR count). The zero-order valence-corrected chi connectivity index (χ0v) is 12.5. The first-order valence-corrected chi connectivity index (χ1v) is 7.84. The summed E-state index contributed by atoms with van der Waals surface area (Å²) in [5.41, 5.74) is 6.28. The number of halogens is 1. The SMILES string of the molecule is Nc1nnc(CCN2CCN(c3ccccc3F)CC2)s1. The molecule has 2 aromatic rings. The summed E-state index contributed by atoms with van der Waals surface area (Å²) < 4.78 is 13.8. The van der Waals surface area contributed by atoms with Crippen LogP contribution in [0, 0.1) is 5.82 Å². The van der Waals surface area contributed by atoms with Gasteiger partial charge in [0.2, 0.25) is 5.13 Å². The zero-order chi connectivity index (χ0) is 14.7. The Bertz CT molecular complexity index is 595. The lowest BCUT2D eigenvalue weighted by molar-refractivity contribution is 0.260. The number of nitrogen functional groups attached to an aromatic ring is 1. The maximum Gasteiger partial charge on any atom is 0.203 e. The molecule has 0 atom stereocenters. The van der Waals surface area contributed by atoms with Gasteiger partial charge in [-0.15, -0.1) is 10.2 Å². The number of piperazine rings is 1. The van der Waals surface area contributed by atoms with Crippen molar-refractivity contribution < 1.29 is 4.39 Å². The fourth-order valence-electron chi connectivity index (χ4n) is 2.54. The number of nitrogens with zero attached hydrogens (tertiary/aromatic N) is 4. The lowest BCUT2D eigenvalue weighted by Gasteiger charge is -2.36. The van der Waals surface area contributed by atoms with Gasteiger partial charge >= 0.3 is 0 Å². The van der Waals surface area contributed by atoms with Gasteiger partial charge in [0.1, 0.15) is 10.8 Å². The van der Waals surface area contributed by atoms with Crippen LogP contribution in [0.3, 0.4) is 0 Å². The van der Waals surface area contributed by atoms with Crippen LogP contribution in [0.25, 0.3) is 0 Å². The van der Waals surface area contributed by atoms with Gasteiger partial charge in [-0.25, -0.2) is 4.39 Å². The highest BCUT2D eigenvalue weighted by Gasteiger charge is 2.19. The molecule has 21 heavy (non-hydrogen) atoms. The standard InChI is InChI=1S/C14H18FN5S/c15-11-3-1-2-4-12(11)20-9-7-19(8-10-20)6-5-13-17-18-14(16)21-13/h1-4H,5-10H2,(H2,16,18). The maximum atomic E-state index is 13.8. The Morgan fingerprint density at radius 1 is 1.14 bits per heavy atom. The van der Waals surface area contributed by atoms with Crippen LogP contribution in [0.5, 0.6) is 0 Å². The molecule has 2 N–H and O–H groups in total. The van der Waals surface area contributed by atoms with Gasteiger partial charge in [0, 0.05) is 39.1 Å². The third-order valence-corrected chi connectivity index (χ3v) is 4.50. The molecule has 112 valence electrons. The van der Waals surface area contributed by atoms with Crippen LogP contribution >= 0.6 is 11.3 Å². The summed E-state index contributed by atoms with van der Waals surface area (Å²) in [6, 6.07) is 6.96. The van der Waals surface area contributed by atoms with Gasteiger partial charge < -0.3 is 10.6 Å². The second-order valence-electron chi connectivity index (χ2n) is 5.06. The first-order valence-electron chi connectivity index (χ1n) is 7.02. The quantitative estimate of drug-likeness (QED) is 0.930. The predicted octanol–water partition coefficient (Wildman–Crippen LogP) is 1.62. The highest BCUT2D eigenvalue weighted by atomic mass is 32.1. The van der Waals surface area contributed by atoms with Crippen molar-refractivity contribution in [3.63, 3.8) is 0 Å². The van der Waals surface area contributed by atoms with Crippen molar-refractivity contribution in [1.82, 2.24) is 15.1 Å². The third kappa shape index (κ3) is 3.48. The molecule has 1 saturated heterocycles. The van der Waals surface area contributed by atoms with Crippen LogP contribution in [-0.2, 0) is 6.42 Å². The number of aromatic nitrogens is 2. The topological polar surface area (TPSA) is 58.3 Å². The molecule has 5 nitrogen and oxygen atoms in total. The summed E-state index contributed by atoms with van der Waals surface area (Å²) in [7, 11) is 0. The van der Waals surface area contributed by atoms with E-state index >= 15 is 0 Å². The molecule has 0 spiro atoms. The van der Waals surface area contributed by atoms with Gasteiger partial charge in [0.25, 0.3) is 0 Å². The lowest BCUT2D eigenvalue weighted by atomic mass is 10.2. The normalized spacial score (nSPS) is 16.3. The van der Waals surface area contributed by atoms with Gasteiger partial charge in [0.05, 0.1) is 5.69 Å². The van der Waals surface area contributed by atoms with Crippen molar-refractivity contribution in [3.05, 3.63) is 35.1 Å². The van der Waals surface area contributed by atoms with Crippen LogP contribution < -0.4 is 10.6 Å². The number of benzene rings is 1. The molecule has 0 amide bonds. The monoisotopic (exact) mass is 307 g/mol. The predicted molar refractivity (Wildman–Crippen MR) is 83.1 cm³/mol. The molecule has 0 radical (unpaired) electrons. The molecule has 0 bridgehead atoms. The first kappa shape index (κ1) is 14.2. The van der Waals surface area contributed by atoms with E-state index in [1.54, 1.807) is 6.07 Å². The van der Waals surface area contributed by atoms with E-state index < -0.39 is 0 Å². The van der Waals surface area contributed by atoms with E-state index in [0.717, 1.165) is 44.2 Å². The van der Waals surface area contributed by atoms with Gasteiger partial charge in [-0.2, -0.15) is 0 Å². The number of rotatable bonds is 4. The smallest absolute Gasteiger partial charge is 0.203 e. The van der Waals surface area contributed by atoms with Crippen LogP contribution in [0.2, 0.25) is 0 Å². The zero-order valence-electron chi connectivity index (χ0n) is 11.7. The Balaban J connectivity index is 1.50. The lowest BCUT2D eigenvalue weighted by Crippen LogP contribution is -2.47. The minimum absolute atomic E-state index is 0.143. The summed E-state index contributed by atoms with van der Waals surface area (Å²) in [6.45, 7) is 4.50. The molecular weight excluding hydrogens is 289 g/mol. The molecule has 7 heteroatoms. The first-order chi connectivity index (χ1) is 10.2.